The molecule has 1 fully saturated rings. The van der Waals surface area contributed by atoms with E-state index in [1.165, 1.54) is 0 Å². The Balaban J connectivity index is 2.01. The molecule has 1 saturated carbocycles. The summed E-state index contributed by atoms with van der Waals surface area (Å²) in [5.74, 6) is 0.168. The van der Waals surface area contributed by atoms with E-state index in [0.717, 1.165) is 12.8 Å². The van der Waals surface area contributed by atoms with Crippen LogP contribution in [0.4, 0.5) is 0 Å². The molecule has 1 aliphatic rings. The maximum absolute atomic E-state index is 12.6. The molecular formula is C17H20N2O3. The van der Waals surface area contributed by atoms with Crippen LogP contribution in [0.2, 0.25) is 0 Å². The molecule has 5 heteroatoms. The first kappa shape index (κ1) is 16.0. The Morgan fingerprint density at radius 1 is 1.32 bits per heavy atom. The van der Waals surface area contributed by atoms with E-state index in [-0.39, 0.29) is 18.3 Å². The fraction of sp³-hybridized carbons (Fsp3) is 0.471. The lowest BCUT2D eigenvalue weighted by Crippen LogP contribution is -2.35. The minimum Gasteiger partial charge on any atom is -0.466 e. The van der Waals surface area contributed by atoms with Crippen LogP contribution in [-0.2, 0) is 9.53 Å². The quantitative estimate of drug-likeness (QED) is 0.725. The van der Waals surface area contributed by atoms with Crippen LogP contribution in [0.3, 0.4) is 0 Å². The number of esters is 1. The number of amides is 1. The number of hydrogen-bond donors (Lipinski definition) is 0. The van der Waals surface area contributed by atoms with Gasteiger partial charge in [-0.3, -0.25) is 9.59 Å². The van der Waals surface area contributed by atoms with Crippen LogP contribution < -0.4 is 0 Å². The highest BCUT2D eigenvalue weighted by atomic mass is 16.5. The van der Waals surface area contributed by atoms with E-state index < -0.39 is 0 Å². The number of nitriles is 1. The molecule has 1 aliphatic carbocycles. The van der Waals surface area contributed by atoms with E-state index in [1.54, 1.807) is 36.1 Å². The molecule has 5 nitrogen and oxygen atoms in total. The van der Waals surface area contributed by atoms with Crippen molar-refractivity contribution in [1.29, 1.82) is 5.26 Å². The summed E-state index contributed by atoms with van der Waals surface area (Å²) < 4.78 is 4.92. The van der Waals surface area contributed by atoms with Gasteiger partial charge in [-0.25, -0.2) is 0 Å². The molecule has 0 heterocycles. The third kappa shape index (κ3) is 4.59. The maximum Gasteiger partial charge on any atom is 0.307 e. The standard InChI is InChI=1S/C17H20N2O3/c1-2-22-16(20)9-10-19(12-14-3-4-14)17(21)15-7-5-13(11-18)6-8-15/h5-8,14H,2-4,9-10,12H2,1H3. The van der Waals surface area contributed by atoms with E-state index in [2.05, 4.69) is 0 Å². The van der Waals surface area contributed by atoms with Gasteiger partial charge in [0.2, 0.25) is 0 Å². The molecule has 0 spiro atoms. The Morgan fingerprint density at radius 2 is 2.00 bits per heavy atom. The van der Waals surface area contributed by atoms with Gasteiger partial charge in [-0.15, -0.1) is 0 Å². The highest BCUT2D eigenvalue weighted by Crippen LogP contribution is 2.30. The molecular weight excluding hydrogens is 280 g/mol. The molecule has 0 unspecified atom stereocenters. The Labute approximate surface area is 130 Å². The van der Waals surface area contributed by atoms with Crippen molar-refractivity contribution < 1.29 is 14.3 Å². The molecule has 0 aromatic heterocycles. The summed E-state index contributed by atoms with van der Waals surface area (Å²) in [6.45, 7) is 3.17. The largest absolute Gasteiger partial charge is 0.466 e. The van der Waals surface area contributed by atoms with Gasteiger partial charge in [0.05, 0.1) is 24.7 Å². The van der Waals surface area contributed by atoms with Gasteiger partial charge in [0.15, 0.2) is 0 Å². The first-order chi connectivity index (χ1) is 10.6. The summed E-state index contributed by atoms with van der Waals surface area (Å²) >= 11 is 0. The summed E-state index contributed by atoms with van der Waals surface area (Å²) in [4.78, 5) is 25.8. The summed E-state index contributed by atoms with van der Waals surface area (Å²) in [5, 5.41) is 8.80. The molecule has 0 N–H and O–H groups in total. The summed E-state index contributed by atoms with van der Waals surface area (Å²) in [7, 11) is 0. The molecule has 1 amide bonds. The number of rotatable bonds is 7. The van der Waals surface area contributed by atoms with E-state index in [4.69, 9.17) is 10.00 Å². The summed E-state index contributed by atoms with van der Waals surface area (Å²) in [5.41, 5.74) is 1.07. The van der Waals surface area contributed by atoms with Crippen molar-refractivity contribution >= 4 is 11.9 Å². The first-order valence-corrected chi connectivity index (χ1v) is 7.59. The molecule has 116 valence electrons. The third-order valence-corrected chi connectivity index (χ3v) is 3.61. The molecule has 0 atom stereocenters. The Kier molecular flexibility index (Phi) is 5.54. The number of carbonyl (C=O) groups is 2. The van der Waals surface area contributed by atoms with Gasteiger partial charge in [0, 0.05) is 18.7 Å². The zero-order valence-corrected chi connectivity index (χ0v) is 12.7. The zero-order valence-electron chi connectivity index (χ0n) is 12.7. The van der Waals surface area contributed by atoms with Crippen molar-refractivity contribution in [3.8, 4) is 6.07 Å². The highest BCUT2D eigenvalue weighted by Gasteiger charge is 2.27. The normalized spacial score (nSPS) is 13.3. The van der Waals surface area contributed by atoms with Gasteiger partial charge in [0.25, 0.3) is 5.91 Å². The maximum atomic E-state index is 12.6. The van der Waals surface area contributed by atoms with Crippen molar-refractivity contribution in [3.63, 3.8) is 0 Å². The predicted molar refractivity (Wildman–Crippen MR) is 81.0 cm³/mol. The molecule has 1 aromatic carbocycles. The second-order valence-electron chi connectivity index (χ2n) is 5.44. The van der Waals surface area contributed by atoms with Gasteiger partial charge >= 0.3 is 5.97 Å². The molecule has 0 aliphatic heterocycles. The van der Waals surface area contributed by atoms with Gasteiger partial charge in [-0.05, 0) is 49.9 Å². The molecule has 2 rings (SSSR count). The minimum absolute atomic E-state index is 0.0966. The lowest BCUT2D eigenvalue weighted by molar-refractivity contribution is -0.143. The highest BCUT2D eigenvalue weighted by molar-refractivity contribution is 5.94. The zero-order chi connectivity index (χ0) is 15.9. The van der Waals surface area contributed by atoms with Crippen LogP contribution >= 0.6 is 0 Å². The van der Waals surface area contributed by atoms with Crippen LogP contribution in [0.5, 0.6) is 0 Å². The fourth-order valence-corrected chi connectivity index (χ4v) is 2.22. The number of carbonyl (C=O) groups excluding carboxylic acids is 2. The molecule has 1 aromatic rings. The second-order valence-corrected chi connectivity index (χ2v) is 5.44. The van der Waals surface area contributed by atoms with Crippen molar-refractivity contribution in [2.45, 2.75) is 26.2 Å². The Bertz CT molecular complexity index is 571. The lowest BCUT2D eigenvalue weighted by atomic mass is 10.1. The van der Waals surface area contributed by atoms with Crippen molar-refractivity contribution in [2.75, 3.05) is 19.7 Å². The third-order valence-electron chi connectivity index (χ3n) is 3.61. The molecule has 0 saturated heterocycles. The van der Waals surface area contributed by atoms with Gasteiger partial charge < -0.3 is 9.64 Å². The summed E-state index contributed by atoms with van der Waals surface area (Å²) in [6, 6.07) is 8.61. The molecule has 0 bridgehead atoms. The van der Waals surface area contributed by atoms with Crippen LogP contribution in [-0.4, -0.2) is 36.5 Å². The van der Waals surface area contributed by atoms with Crippen molar-refractivity contribution in [2.24, 2.45) is 5.92 Å². The lowest BCUT2D eigenvalue weighted by Gasteiger charge is -2.22. The number of ether oxygens (including phenoxy) is 1. The SMILES string of the molecule is CCOC(=O)CCN(CC1CC1)C(=O)c1ccc(C#N)cc1. The number of hydrogen-bond acceptors (Lipinski definition) is 4. The second kappa shape index (κ2) is 7.60. The monoisotopic (exact) mass is 300 g/mol. The van der Waals surface area contributed by atoms with Gasteiger partial charge in [-0.2, -0.15) is 5.26 Å². The number of benzene rings is 1. The average molecular weight is 300 g/mol. The van der Waals surface area contributed by atoms with E-state index in [0.29, 0.717) is 36.7 Å². The predicted octanol–water partition coefficient (Wildman–Crippen LogP) is 2.36. The van der Waals surface area contributed by atoms with E-state index in [9.17, 15) is 9.59 Å². The van der Waals surface area contributed by atoms with Crippen molar-refractivity contribution in [1.82, 2.24) is 4.90 Å². The topological polar surface area (TPSA) is 70.4 Å². The average Bonchev–Trinajstić information content (AvgIpc) is 3.35. The Morgan fingerprint density at radius 3 is 2.55 bits per heavy atom. The van der Waals surface area contributed by atoms with Gasteiger partial charge in [0.1, 0.15) is 0 Å². The molecule has 22 heavy (non-hydrogen) atoms. The minimum atomic E-state index is -0.282. The first-order valence-electron chi connectivity index (χ1n) is 7.59. The van der Waals surface area contributed by atoms with Crippen molar-refractivity contribution in [3.05, 3.63) is 35.4 Å². The van der Waals surface area contributed by atoms with Crippen LogP contribution in [0, 0.1) is 17.2 Å². The van der Waals surface area contributed by atoms with Gasteiger partial charge in [-0.1, -0.05) is 0 Å². The van der Waals surface area contributed by atoms with E-state index in [1.807, 2.05) is 6.07 Å². The summed E-state index contributed by atoms with van der Waals surface area (Å²) in [6.07, 6.45) is 2.48. The smallest absolute Gasteiger partial charge is 0.307 e. The Hall–Kier alpha value is -2.35. The van der Waals surface area contributed by atoms with Crippen LogP contribution in [0.1, 0.15) is 42.1 Å². The van der Waals surface area contributed by atoms with Crippen LogP contribution in [0.15, 0.2) is 24.3 Å². The molecule has 0 radical (unpaired) electrons. The fourth-order valence-electron chi connectivity index (χ4n) is 2.22. The number of nitrogens with zero attached hydrogens (tertiary/aromatic N) is 2. The van der Waals surface area contributed by atoms with Crippen LogP contribution in [0.25, 0.3) is 0 Å². The van der Waals surface area contributed by atoms with E-state index >= 15 is 0 Å².